The average Bonchev–Trinajstić information content (AvgIpc) is 3.07. The molecule has 0 spiro atoms. The van der Waals surface area contributed by atoms with E-state index in [9.17, 15) is 5.11 Å². The molecule has 0 saturated heterocycles. The normalized spacial score (nSPS) is 48.0. The second-order valence-corrected chi connectivity index (χ2v) is 13.4. The summed E-state index contributed by atoms with van der Waals surface area (Å²) in [7, 11) is 0. The van der Waals surface area contributed by atoms with Gasteiger partial charge in [-0.3, -0.25) is 0 Å². The summed E-state index contributed by atoms with van der Waals surface area (Å²) in [6.07, 6.45) is 18.2. The zero-order chi connectivity index (χ0) is 22.4. The van der Waals surface area contributed by atoms with Crippen LogP contribution in [0.4, 0.5) is 0 Å². The van der Waals surface area contributed by atoms with E-state index in [4.69, 9.17) is 0 Å². The highest BCUT2D eigenvalue weighted by atomic mass is 16.3. The molecule has 1 unspecified atom stereocenters. The molecule has 4 aliphatic rings. The maximum Gasteiger partial charge on any atom is 0.0574 e. The van der Waals surface area contributed by atoms with Gasteiger partial charge in [-0.2, -0.15) is 0 Å². The summed E-state index contributed by atoms with van der Waals surface area (Å²) in [6, 6.07) is 0. The van der Waals surface area contributed by atoms with Crippen LogP contribution in [0.1, 0.15) is 112 Å². The van der Waals surface area contributed by atoms with Crippen molar-refractivity contribution in [2.45, 2.75) is 118 Å². The van der Waals surface area contributed by atoms with Crippen LogP contribution >= 0.6 is 0 Å². The molecule has 10 atom stereocenters. The van der Waals surface area contributed by atoms with Crippen molar-refractivity contribution in [1.29, 1.82) is 0 Å². The van der Waals surface area contributed by atoms with Crippen molar-refractivity contribution < 1.29 is 5.11 Å². The van der Waals surface area contributed by atoms with Gasteiger partial charge in [0.1, 0.15) is 0 Å². The lowest BCUT2D eigenvalue weighted by atomic mass is 9.43. The molecule has 4 aliphatic carbocycles. The van der Waals surface area contributed by atoms with E-state index in [0.29, 0.717) is 22.7 Å². The van der Waals surface area contributed by atoms with E-state index in [1.54, 1.807) is 0 Å². The Hall–Kier alpha value is -0.300. The third kappa shape index (κ3) is 4.08. The maximum absolute atomic E-state index is 10.8. The van der Waals surface area contributed by atoms with Gasteiger partial charge in [-0.05, 0) is 116 Å². The Kier molecular flexibility index (Phi) is 7.04. The molecular formula is C30H52O. The highest BCUT2D eigenvalue weighted by molar-refractivity contribution is 5.11. The Morgan fingerprint density at radius 2 is 1.55 bits per heavy atom. The van der Waals surface area contributed by atoms with Crippen LogP contribution in [0.25, 0.3) is 0 Å². The largest absolute Gasteiger partial charge is 0.393 e. The van der Waals surface area contributed by atoms with Crippen molar-refractivity contribution in [3.63, 3.8) is 0 Å². The maximum atomic E-state index is 10.8. The predicted octanol–water partition coefficient (Wildman–Crippen LogP) is 8.27. The topological polar surface area (TPSA) is 20.2 Å². The van der Waals surface area contributed by atoms with Gasteiger partial charge in [0, 0.05) is 0 Å². The molecular weight excluding hydrogens is 376 g/mol. The van der Waals surface area contributed by atoms with Crippen molar-refractivity contribution in [3.8, 4) is 0 Å². The first-order chi connectivity index (χ1) is 14.7. The second-order valence-electron chi connectivity index (χ2n) is 13.4. The number of fused-ring (bicyclic) bond motifs is 5. The molecule has 31 heavy (non-hydrogen) atoms. The monoisotopic (exact) mass is 428 g/mol. The fourth-order valence-electron chi connectivity index (χ4n) is 10.0. The first kappa shape index (κ1) is 23.8. The molecule has 4 rings (SSSR count). The summed E-state index contributed by atoms with van der Waals surface area (Å²) in [5.41, 5.74) is 1.05. The highest BCUT2D eigenvalue weighted by Gasteiger charge is 2.61. The van der Waals surface area contributed by atoms with E-state index in [1.807, 2.05) is 0 Å². The molecule has 0 bridgehead atoms. The number of aliphatic hydroxyl groups is 1. The lowest BCUT2D eigenvalue weighted by Crippen LogP contribution is -2.56. The van der Waals surface area contributed by atoms with E-state index in [2.05, 4.69) is 47.3 Å². The summed E-state index contributed by atoms with van der Waals surface area (Å²) >= 11 is 0. The van der Waals surface area contributed by atoms with E-state index < -0.39 is 0 Å². The quantitative estimate of drug-likeness (QED) is 0.404. The van der Waals surface area contributed by atoms with Crippen LogP contribution < -0.4 is 0 Å². The fourth-order valence-corrected chi connectivity index (χ4v) is 10.0. The molecule has 0 aromatic carbocycles. The summed E-state index contributed by atoms with van der Waals surface area (Å²) in [5.74, 6) is 6.70. The molecule has 1 heteroatoms. The molecule has 1 nitrogen and oxygen atoms in total. The number of hydrogen-bond donors (Lipinski definition) is 1. The van der Waals surface area contributed by atoms with Gasteiger partial charge < -0.3 is 5.11 Å². The molecule has 1 N–H and O–H groups in total. The third-order valence-electron chi connectivity index (χ3n) is 11.6. The van der Waals surface area contributed by atoms with Gasteiger partial charge >= 0.3 is 0 Å². The minimum absolute atomic E-state index is 0.0935. The van der Waals surface area contributed by atoms with Crippen LogP contribution in [0, 0.1) is 58.2 Å². The van der Waals surface area contributed by atoms with E-state index >= 15 is 0 Å². The van der Waals surface area contributed by atoms with Gasteiger partial charge in [0.15, 0.2) is 0 Å². The summed E-state index contributed by atoms with van der Waals surface area (Å²) in [6.45, 7) is 16.7. The van der Waals surface area contributed by atoms with Crippen LogP contribution in [0.5, 0.6) is 0 Å². The van der Waals surface area contributed by atoms with Crippen LogP contribution in [0.15, 0.2) is 12.7 Å². The van der Waals surface area contributed by atoms with Crippen LogP contribution in [0.3, 0.4) is 0 Å². The summed E-state index contributed by atoms with van der Waals surface area (Å²) in [4.78, 5) is 0. The molecule has 0 radical (unpaired) electrons. The second kappa shape index (κ2) is 9.15. The van der Waals surface area contributed by atoms with Crippen LogP contribution in [-0.2, 0) is 0 Å². The molecule has 0 heterocycles. The zero-order valence-corrected chi connectivity index (χ0v) is 21.4. The third-order valence-corrected chi connectivity index (χ3v) is 11.6. The molecule has 0 aliphatic heterocycles. The Labute approximate surface area is 193 Å². The van der Waals surface area contributed by atoms with Gasteiger partial charge in [-0.1, -0.05) is 60.0 Å². The summed E-state index contributed by atoms with van der Waals surface area (Å²) < 4.78 is 0. The number of rotatable bonds is 7. The molecule has 0 amide bonds. The molecule has 4 fully saturated rings. The first-order valence-electron chi connectivity index (χ1n) is 14.0. The highest BCUT2D eigenvalue weighted by Crippen LogP contribution is 2.69. The predicted molar refractivity (Wildman–Crippen MR) is 133 cm³/mol. The van der Waals surface area contributed by atoms with Gasteiger partial charge in [0.2, 0.25) is 0 Å². The number of allylic oxidation sites excluding steroid dienone is 1. The minimum Gasteiger partial charge on any atom is -0.393 e. The zero-order valence-electron chi connectivity index (χ0n) is 21.4. The molecule has 0 aromatic rings. The first-order valence-corrected chi connectivity index (χ1v) is 14.0. The molecule has 4 saturated carbocycles. The van der Waals surface area contributed by atoms with Crippen LogP contribution in [0.2, 0.25) is 0 Å². The SMILES string of the molecule is C=CC[C@@H]1[C@H](O)CC[C@@]2(C)[C@H]1CC[C@@H]1[C@@H]2CC[C@]2(C)[C@@H](C(C)CCCC(C)C)CC[C@@H]12. The number of aliphatic hydroxyl groups excluding tert-OH is 1. The molecule has 0 aromatic heterocycles. The Bertz CT molecular complexity index is 624. The molecule has 178 valence electrons. The van der Waals surface area contributed by atoms with E-state index in [1.165, 1.54) is 64.2 Å². The van der Waals surface area contributed by atoms with Crippen molar-refractivity contribution >= 4 is 0 Å². The Balaban J connectivity index is 1.49. The van der Waals surface area contributed by atoms with E-state index in [0.717, 1.165) is 48.3 Å². The van der Waals surface area contributed by atoms with Crippen molar-refractivity contribution in [3.05, 3.63) is 12.7 Å². The van der Waals surface area contributed by atoms with E-state index in [-0.39, 0.29) is 6.10 Å². The Morgan fingerprint density at radius 3 is 2.26 bits per heavy atom. The van der Waals surface area contributed by atoms with Gasteiger partial charge in [-0.25, -0.2) is 0 Å². The van der Waals surface area contributed by atoms with Crippen molar-refractivity contribution in [1.82, 2.24) is 0 Å². The van der Waals surface area contributed by atoms with Gasteiger partial charge in [-0.15, -0.1) is 6.58 Å². The van der Waals surface area contributed by atoms with Gasteiger partial charge in [0.25, 0.3) is 0 Å². The van der Waals surface area contributed by atoms with Crippen LogP contribution in [-0.4, -0.2) is 11.2 Å². The Morgan fingerprint density at radius 1 is 0.871 bits per heavy atom. The lowest BCUT2D eigenvalue weighted by Gasteiger charge is -2.62. The smallest absolute Gasteiger partial charge is 0.0574 e. The fraction of sp³-hybridized carbons (Fsp3) is 0.933. The standard InChI is InChI=1S/C30H52O/c1-7-9-23-26-13-12-22-25-15-14-24(21(4)11-8-10-20(2)3)29(25,5)18-16-27(22)30(26,6)19-17-28(23)31/h7,20-28,31H,1,8-19H2,2-6H3/t21?,22-,23-,24+,25-,26-,27-,28+,29+,30-/m0/s1. The van der Waals surface area contributed by atoms with Crippen molar-refractivity contribution in [2.75, 3.05) is 0 Å². The summed E-state index contributed by atoms with van der Waals surface area (Å²) in [5, 5.41) is 10.8. The van der Waals surface area contributed by atoms with Gasteiger partial charge in [0.05, 0.1) is 6.10 Å². The minimum atomic E-state index is -0.0935. The average molecular weight is 429 g/mol. The lowest BCUT2D eigenvalue weighted by molar-refractivity contribution is -0.152. The van der Waals surface area contributed by atoms with Crippen molar-refractivity contribution in [2.24, 2.45) is 58.2 Å². The number of hydrogen-bond acceptors (Lipinski definition) is 1.